The van der Waals surface area contributed by atoms with Crippen LogP contribution < -0.4 is 0 Å². The molecule has 4 aromatic carbocycles. The Hall–Kier alpha value is -4.68. The molecule has 0 fully saturated rings. The van der Waals surface area contributed by atoms with Gasteiger partial charge in [-0.05, 0) is 29.2 Å². The van der Waals surface area contributed by atoms with E-state index in [1.54, 1.807) is 0 Å². The second-order valence-corrected chi connectivity index (χ2v) is 7.97. The van der Waals surface area contributed by atoms with Crippen LogP contribution in [0.1, 0.15) is 18.1 Å². The Morgan fingerprint density at radius 2 is 1.15 bits per heavy atom. The molecule has 1 aromatic heterocycles. The van der Waals surface area contributed by atoms with Gasteiger partial charge in [0.1, 0.15) is 17.4 Å². The number of furan rings is 1. The van der Waals surface area contributed by atoms with Crippen LogP contribution in [0.5, 0.6) is 0 Å². The predicted octanol–water partition coefficient (Wildman–Crippen LogP) is 8.29. The Morgan fingerprint density at radius 1 is 0.647 bits per heavy atom. The molecule has 0 unspecified atom stereocenters. The van der Waals surface area contributed by atoms with E-state index in [4.69, 9.17) is 9.41 Å². The molecule has 0 atom stereocenters. The predicted molar refractivity (Wildman–Crippen MR) is 138 cm³/mol. The normalized spacial score (nSPS) is 11.2. The summed E-state index contributed by atoms with van der Waals surface area (Å²) in [5, 5.41) is 10.1. The maximum Gasteiger partial charge on any atom is 0.238 e. The lowest BCUT2D eigenvalue weighted by atomic mass is 9.98. The number of benzene rings is 4. The van der Waals surface area contributed by atoms with Gasteiger partial charge in [-0.25, -0.2) is 4.99 Å². The van der Waals surface area contributed by atoms with E-state index in [0.717, 1.165) is 33.5 Å². The van der Waals surface area contributed by atoms with E-state index < -0.39 is 0 Å². The monoisotopic (exact) mass is 438 g/mol. The van der Waals surface area contributed by atoms with Crippen LogP contribution in [0.25, 0.3) is 33.6 Å². The third kappa shape index (κ3) is 4.18. The maximum atomic E-state index is 10.1. The molecule has 0 aliphatic carbocycles. The fourth-order valence-electron chi connectivity index (χ4n) is 4.03. The molecule has 5 rings (SSSR count). The van der Waals surface area contributed by atoms with Crippen LogP contribution in [-0.4, -0.2) is 5.71 Å². The van der Waals surface area contributed by atoms with E-state index in [9.17, 15) is 5.26 Å². The first-order chi connectivity index (χ1) is 16.7. The Labute approximate surface area is 199 Å². The van der Waals surface area contributed by atoms with Crippen molar-refractivity contribution < 1.29 is 4.42 Å². The summed E-state index contributed by atoms with van der Waals surface area (Å²) in [6.07, 6.45) is 0. The summed E-state index contributed by atoms with van der Waals surface area (Å²) < 4.78 is 6.25. The van der Waals surface area contributed by atoms with E-state index in [0.29, 0.717) is 17.2 Å². The summed E-state index contributed by atoms with van der Waals surface area (Å²) in [6, 6.07) is 40.6. The SMILES string of the molecule is C/C(=N\c1oc(-c2ccccc2)c(-c2ccccc2)c1C#N)c1ccc(-c2ccccc2)cc1. The lowest BCUT2D eigenvalue weighted by Gasteiger charge is -2.04. The van der Waals surface area contributed by atoms with Crippen molar-refractivity contribution >= 4 is 11.6 Å². The average Bonchev–Trinajstić information content (AvgIpc) is 3.28. The molecule has 3 heteroatoms. The molecule has 34 heavy (non-hydrogen) atoms. The molecular weight excluding hydrogens is 416 g/mol. The van der Waals surface area contributed by atoms with Gasteiger partial charge in [-0.1, -0.05) is 115 Å². The number of rotatable bonds is 5. The molecule has 0 aliphatic rings. The molecule has 0 N–H and O–H groups in total. The molecule has 0 aliphatic heterocycles. The van der Waals surface area contributed by atoms with Crippen molar-refractivity contribution in [3.05, 3.63) is 126 Å². The van der Waals surface area contributed by atoms with Crippen molar-refractivity contribution in [3.8, 4) is 39.6 Å². The van der Waals surface area contributed by atoms with Crippen LogP contribution >= 0.6 is 0 Å². The molecule has 0 radical (unpaired) electrons. The van der Waals surface area contributed by atoms with Gasteiger partial charge in [0.05, 0.1) is 0 Å². The highest BCUT2D eigenvalue weighted by atomic mass is 16.4. The summed E-state index contributed by atoms with van der Waals surface area (Å²) in [5.41, 5.74) is 7.10. The smallest absolute Gasteiger partial charge is 0.238 e. The zero-order chi connectivity index (χ0) is 23.3. The van der Waals surface area contributed by atoms with Gasteiger partial charge in [0.2, 0.25) is 5.88 Å². The summed E-state index contributed by atoms with van der Waals surface area (Å²) in [4.78, 5) is 4.76. The van der Waals surface area contributed by atoms with Gasteiger partial charge < -0.3 is 4.42 Å². The van der Waals surface area contributed by atoms with Crippen LogP contribution in [0, 0.1) is 11.3 Å². The molecule has 0 spiro atoms. The minimum atomic E-state index is 0.324. The minimum Gasteiger partial charge on any atom is -0.436 e. The van der Waals surface area contributed by atoms with E-state index in [-0.39, 0.29) is 0 Å². The topological polar surface area (TPSA) is 49.3 Å². The second-order valence-electron chi connectivity index (χ2n) is 7.97. The van der Waals surface area contributed by atoms with Crippen LogP contribution in [-0.2, 0) is 0 Å². The Morgan fingerprint density at radius 3 is 1.71 bits per heavy atom. The van der Waals surface area contributed by atoms with Gasteiger partial charge in [-0.15, -0.1) is 0 Å². The molecule has 5 aromatic rings. The van der Waals surface area contributed by atoms with Crippen LogP contribution in [0.15, 0.2) is 125 Å². The van der Waals surface area contributed by atoms with Gasteiger partial charge in [0, 0.05) is 16.8 Å². The van der Waals surface area contributed by atoms with Gasteiger partial charge in [0.15, 0.2) is 0 Å². The molecule has 0 amide bonds. The molecular formula is C31H22N2O. The average molecular weight is 439 g/mol. The first kappa shape index (κ1) is 21.2. The molecule has 0 saturated heterocycles. The first-order valence-corrected chi connectivity index (χ1v) is 11.1. The third-order valence-corrected chi connectivity index (χ3v) is 5.78. The van der Waals surface area contributed by atoms with E-state index in [1.807, 2.05) is 97.9 Å². The molecule has 162 valence electrons. The zero-order valence-electron chi connectivity index (χ0n) is 18.8. The fourth-order valence-corrected chi connectivity index (χ4v) is 4.03. The lowest BCUT2D eigenvalue weighted by molar-refractivity contribution is 0.592. The van der Waals surface area contributed by atoms with E-state index >= 15 is 0 Å². The summed E-state index contributed by atoms with van der Waals surface area (Å²) >= 11 is 0. The number of hydrogen-bond donors (Lipinski definition) is 0. The van der Waals surface area contributed by atoms with Gasteiger partial charge >= 0.3 is 0 Å². The number of nitrogens with zero attached hydrogens (tertiary/aromatic N) is 2. The molecule has 0 saturated carbocycles. The fraction of sp³-hybridized carbons (Fsp3) is 0.0323. The molecule has 1 heterocycles. The van der Waals surface area contributed by atoms with Crippen LogP contribution in [0.3, 0.4) is 0 Å². The standard InChI is InChI=1S/C31H22N2O/c1-22(23-17-19-25(20-18-23)24-11-5-2-6-12-24)33-31-28(21-32)29(26-13-7-3-8-14-26)30(34-31)27-15-9-4-10-16-27/h2-20H,1H3/b33-22+. The van der Waals surface area contributed by atoms with Crippen molar-refractivity contribution in [2.24, 2.45) is 4.99 Å². The van der Waals surface area contributed by atoms with Gasteiger partial charge in [0.25, 0.3) is 0 Å². The lowest BCUT2D eigenvalue weighted by Crippen LogP contribution is -1.94. The Kier molecular flexibility index (Phi) is 5.88. The van der Waals surface area contributed by atoms with Crippen molar-refractivity contribution in [1.29, 1.82) is 5.26 Å². The first-order valence-electron chi connectivity index (χ1n) is 11.1. The largest absolute Gasteiger partial charge is 0.436 e. The van der Waals surface area contributed by atoms with Crippen molar-refractivity contribution in [3.63, 3.8) is 0 Å². The quantitative estimate of drug-likeness (QED) is 0.259. The van der Waals surface area contributed by atoms with E-state index in [1.165, 1.54) is 5.56 Å². The van der Waals surface area contributed by atoms with E-state index in [2.05, 4.69) is 30.3 Å². The highest BCUT2D eigenvalue weighted by Crippen LogP contribution is 2.42. The van der Waals surface area contributed by atoms with Crippen molar-refractivity contribution in [2.45, 2.75) is 6.92 Å². The highest BCUT2D eigenvalue weighted by Gasteiger charge is 2.23. The second kappa shape index (κ2) is 9.44. The van der Waals surface area contributed by atoms with Crippen LogP contribution in [0.4, 0.5) is 5.88 Å². The van der Waals surface area contributed by atoms with Gasteiger partial charge in [-0.2, -0.15) is 5.26 Å². The number of aliphatic imine (C=N–C) groups is 1. The van der Waals surface area contributed by atoms with Crippen LogP contribution in [0.2, 0.25) is 0 Å². The Bertz CT molecular complexity index is 1470. The summed E-state index contributed by atoms with van der Waals surface area (Å²) in [6.45, 7) is 1.94. The van der Waals surface area contributed by atoms with Crippen molar-refractivity contribution in [2.75, 3.05) is 0 Å². The number of nitriles is 1. The summed E-state index contributed by atoms with van der Waals surface area (Å²) in [5.74, 6) is 0.971. The number of hydrogen-bond acceptors (Lipinski definition) is 3. The maximum absolute atomic E-state index is 10.1. The molecule has 3 nitrogen and oxygen atoms in total. The zero-order valence-corrected chi connectivity index (χ0v) is 18.8. The van der Waals surface area contributed by atoms with Crippen molar-refractivity contribution in [1.82, 2.24) is 0 Å². The van der Waals surface area contributed by atoms with Gasteiger partial charge in [-0.3, -0.25) is 0 Å². The highest BCUT2D eigenvalue weighted by molar-refractivity contribution is 6.01. The summed E-state index contributed by atoms with van der Waals surface area (Å²) in [7, 11) is 0. The molecule has 0 bridgehead atoms. The Balaban J connectivity index is 1.59. The minimum absolute atomic E-state index is 0.324. The third-order valence-electron chi connectivity index (χ3n) is 5.78.